The molecular weight excluding hydrogens is 136 g/mol. The molecule has 10 heavy (non-hydrogen) atoms. The number of ether oxygens (including phenoxy) is 1. The second-order valence-corrected chi connectivity index (χ2v) is 2.01. The SMILES string of the molecule is C=C1C(=O)OCC1C(=O)O. The third kappa shape index (κ3) is 0.877. The van der Waals surface area contributed by atoms with Crippen molar-refractivity contribution in [2.75, 3.05) is 6.61 Å². The highest BCUT2D eigenvalue weighted by atomic mass is 16.5. The minimum atomic E-state index is -1.06. The summed E-state index contributed by atoms with van der Waals surface area (Å²) in [6.07, 6.45) is 0. The fourth-order valence-corrected chi connectivity index (χ4v) is 0.715. The van der Waals surface area contributed by atoms with Gasteiger partial charge in [0.25, 0.3) is 0 Å². The van der Waals surface area contributed by atoms with Crippen molar-refractivity contribution in [3.05, 3.63) is 12.2 Å². The zero-order chi connectivity index (χ0) is 7.72. The van der Waals surface area contributed by atoms with Gasteiger partial charge in [0, 0.05) is 5.57 Å². The van der Waals surface area contributed by atoms with Crippen molar-refractivity contribution in [2.24, 2.45) is 5.92 Å². The Balaban J connectivity index is 2.76. The quantitative estimate of drug-likeness (QED) is 0.406. The van der Waals surface area contributed by atoms with Crippen molar-refractivity contribution in [3.63, 3.8) is 0 Å². The number of carbonyl (C=O) groups excluding carboxylic acids is 1. The largest absolute Gasteiger partial charge is 0.481 e. The summed E-state index contributed by atoms with van der Waals surface area (Å²) in [5, 5.41) is 8.41. The summed E-state index contributed by atoms with van der Waals surface area (Å²) in [6, 6.07) is 0. The van der Waals surface area contributed by atoms with E-state index in [4.69, 9.17) is 5.11 Å². The number of cyclic esters (lactones) is 1. The lowest BCUT2D eigenvalue weighted by molar-refractivity contribution is -0.140. The van der Waals surface area contributed by atoms with E-state index in [0.29, 0.717) is 0 Å². The number of hydrogen-bond donors (Lipinski definition) is 1. The van der Waals surface area contributed by atoms with Crippen molar-refractivity contribution in [1.29, 1.82) is 0 Å². The van der Waals surface area contributed by atoms with Gasteiger partial charge >= 0.3 is 11.9 Å². The van der Waals surface area contributed by atoms with E-state index >= 15 is 0 Å². The second-order valence-electron chi connectivity index (χ2n) is 2.01. The summed E-state index contributed by atoms with van der Waals surface area (Å²) in [6.45, 7) is 3.21. The van der Waals surface area contributed by atoms with E-state index in [1.165, 1.54) is 0 Å². The smallest absolute Gasteiger partial charge is 0.334 e. The first kappa shape index (κ1) is 6.80. The molecule has 1 fully saturated rings. The summed E-state index contributed by atoms with van der Waals surface area (Å²) >= 11 is 0. The van der Waals surface area contributed by atoms with Crippen LogP contribution in [-0.4, -0.2) is 23.7 Å². The van der Waals surface area contributed by atoms with Crippen LogP contribution in [0, 0.1) is 5.92 Å². The number of rotatable bonds is 1. The normalized spacial score (nSPS) is 24.6. The van der Waals surface area contributed by atoms with Gasteiger partial charge in [-0.1, -0.05) is 6.58 Å². The molecule has 1 unspecified atom stereocenters. The molecule has 0 aromatic carbocycles. The lowest BCUT2D eigenvalue weighted by Gasteiger charge is -1.96. The van der Waals surface area contributed by atoms with E-state index in [-0.39, 0.29) is 12.2 Å². The van der Waals surface area contributed by atoms with Gasteiger partial charge in [0.05, 0.1) is 0 Å². The van der Waals surface area contributed by atoms with Crippen molar-refractivity contribution in [1.82, 2.24) is 0 Å². The molecule has 0 amide bonds. The second kappa shape index (κ2) is 2.13. The summed E-state index contributed by atoms with van der Waals surface area (Å²) in [7, 11) is 0. The first-order valence-corrected chi connectivity index (χ1v) is 2.71. The van der Waals surface area contributed by atoms with Gasteiger partial charge in [0.1, 0.15) is 12.5 Å². The van der Waals surface area contributed by atoms with Crippen LogP contribution < -0.4 is 0 Å². The van der Waals surface area contributed by atoms with E-state index in [0.717, 1.165) is 0 Å². The number of hydrogen-bond acceptors (Lipinski definition) is 3. The minimum Gasteiger partial charge on any atom is -0.481 e. The van der Waals surface area contributed by atoms with E-state index in [1.54, 1.807) is 0 Å². The van der Waals surface area contributed by atoms with Gasteiger partial charge < -0.3 is 9.84 Å². The van der Waals surface area contributed by atoms with E-state index in [2.05, 4.69) is 11.3 Å². The molecule has 54 valence electrons. The number of esters is 1. The highest BCUT2D eigenvalue weighted by Crippen LogP contribution is 2.18. The Bertz CT molecular complexity index is 206. The molecule has 0 aromatic heterocycles. The fourth-order valence-electron chi connectivity index (χ4n) is 0.715. The van der Waals surface area contributed by atoms with Crippen LogP contribution in [-0.2, 0) is 14.3 Å². The lowest BCUT2D eigenvalue weighted by Crippen LogP contribution is -2.14. The van der Waals surface area contributed by atoms with Crippen molar-refractivity contribution < 1.29 is 19.4 Å². The average Bonchev–Trinajstić information content (AvgIpc) is 2.14. The molecule has 1 heterocycles. The van der Waals surface area contributed by atoms with Crippen LogP contribution in [0.4, 0.5) is 0 Å². The third-order valence-corrected chi connectivity index (χ3v) is 1.36. The highest BCUT2D eigenvalue weighted by molar-refractivity contribution is 5.97. The van der Waals surface area contributed by atoms with Gasteiger partial charge in [0.2, 0.25) is 0 Å². The summed E-state index contributed by atoms with van der Waals surface area (Å²) < 4.78 is 4.42. The van der Waals surface area contributed by atoms with Gasteiger partial charge in [-0.25, -0.2) is 4.79 Å². The van der Waals surface area contributed by atoms with Crippen LogP contribution in [0.5, 0.6) is 0 Å². The number of carboxylic acids is 1. The molecule has 0 bridgehead atoms. The van der Waals surface area contributed by atoms with Crippen LogP contribution in [0.1, 0.15) is 0 Å². The van der Waals surface area contributed by atoms with Crippen LogP contribution in [0.15, 0.2) is 12.2 Å². The molecule has 1 rings (SSSR count). The van der Waals surface area contributed by atoms with E-state index < -0.39 is 17.9 Å². The first-order chi connectivity index (χ1) is 4.63. The van der Waals surface area contributed by atoms with Gasteiger partial charge in [-0.3, -0.25) is 4.79 Å². The summed E-state index contributed by atoms with van der Waals surface area (Å²) in [5.74, 6) is -2.50. The molecule has 1 N–H and O–H groups in total. The molecule has 0 radical (unpaired) electrons. The molecule has 1 aliphatic heterocycles. The number of carboxylic acid groups (broad SMARTS) is 1. The first-order valence-electron chi connectivity index (χ1n) is 2.71. The Morgan fingerprint density at radius 2 is 2.40 bits per heavy atom. The maximum absolute atomic E-state index is 10.5. The zero-order valence-corrected chi connectivity index (χ0v) is 5.16. The average molecular weight is 142 g/mol. The number of aliphatic carboxylic acids is 1. The van der Waals surface area contributed by atoms with Crippen LogP contribution >= 0.6 is 0 Å². The van der Waals surface area contributed by atoms with Crippen molar-refractivity contribution >= 4 is 11.9 Å². The molecule has 0 spiro atoms. The summed E-state index contributed by atoms with van der Waals surface area (Å²) in [4.78, 5) is 20.8. The molecule has 0 aliphatic carbocycles. The zero-order valence-electron chi connectivity index (χ0n) is 5.16. The predicted molar refractivity (Wildman–Crippen MR) is 31.2 cm³/mol. The fraction of sp³-hybridized carbons (Fsp3) is 0.333. The van der Waals surface area contributed by atoms with E-state index in [1.807, 2.05) is 0 Å². The molecule has 1 saturated heterocycles. The van der Waals surface area contributed by atoms with E-state index in [9.17, 15) is 9.59 Å². The number of carbonyl (C=O) groups is 2. The molecule has 4 heteroatoms. The highest BCUT2D eigenvalue weighted by Gasteiger charge is 2.34. The summed E-state index contributed by atoms with van der Waals surface area (Å²) in [5.41, 5.74) is 0.0347. The topological polar surface area (TPSA) is 63.6 Å². The minimum absolute atomic E-state index is 0.0347. The molecule has 0 aromatic rings. The standard InChI is InChI=1S/C6H6O4/c1-3-4(5(7)8)2-10-6(3)9/h4H,1-2H2,(H,7,8). The lowest BCUT2D eigenvalue weighted by atomic mass is 10.1. The van der Waals surface area contributed by atoms with Gasteiger partial charge in [-0.05, 0) is 0 Å². The Kier molecular flexibility index (Phi) is 1.45. The van der Waals surface area contributed by atoms with Gasteiger partial charge in [-0.2, -0.15) is 0 Å². The third-order valence-electron chi connectivity index (χ3n) is 1.36. The van der Waals surface area contributed by atoms with Crippen LogP contribution in [0.3, 0.4) is 0 Å². The Labute approximate surface area is 57.1 Å². The molecular formula is C6H6O4. The maximum atomic E-state index is 10.5. The van der Waals surface area contributed by atoms with Crippen LogP contribution in [0.25, 0.3) is 0 Å². The molecule has 1 aliphatic rings. The maximum Gasteiger partial charge on any atom is 0.334 e. The van der Waals surface area contributed by atoms with Crippen molar-refractivity contribution in [2.45, 2.75) is 0 Å². The molecule has 0 saturated carbocycles. The van der Waals surface area contributed by atoms with Crippen LogP contribution in [0.2, 0.25) is 0 Å². The van der Waals surface area contributed by atoms with Crippen molar-refractivity contribution in [3.8, 4) is 0 Å². The van der Waals surface area contributed by atoms with Gasteiger partial charge in [-0.15, -0.1) is 0 Å². The Morgan fingerprint density at radius 1 is 1.80 bits per heavy atom. The monoisotopic (exact) mass is 142 g/mol. The van der Waals surface area contributed by atoms with Gasteiger partial charge in [0.15, 0.2) is 0 Å². The predicted octanol–water partition coefficient (Wildman–Crippen LogP) is -0.200. The Hall–Kier alpha value is -1.32. The Morgan fingerprint density at radius 3 is 2.60 bits per heavy atom. The molecule has 1 atom stereocenters. The molecule has 4 nitrogen and oxygen atoms in total.